The molecule has 2 fully saturated rings. The van der Waals surface area contributed by atoms with Gasteiger partial charge in [-0.2, -0.15) is 4.31 Å². The minimum absolute atomic E-state index is 0.0206. The highest BCUT2D eigenvalue weighted by molar-refractivity contribution is 7.99. The number of hydrogen-bond acceptors (Lipinski definition) is 9. The molecule has 0 spiro atoms. The molecule has 2 heterocycles. The molecule has 0 unspecified atom stereocenters. The van der Waals surface area contributed by atoms with Gasteiger partial charge in [0.2, 0.25) is 15.9 Å². The molecule has 4 atom stereocenters. The van der Waals surface area contributed by atoms with E-state index >= 15 is 0 Å². The van der Waals surface area contributed by atoms with Gasteiger partial charge < -0.3 is 14.8 Å². The number of rotatable bonds is 12. The summed E-state index contributed by atoms with van der Waals surface area (Å²) >= 11 is 1.23. The van der Waals surface area contributed by atoms with E-state index in [0.717, 1.165) is 25.7 Å². The van der Waals surface area contributed by atoms with Crippen molar-refractivity contribution in [2.24, 2.45) is 17.8 Å². The molecular weight excluding hydrogens is 651 g/mol. The van der Waals surface area contributed by atoms with Crippen LogP contribution in [-0.4, -0.2) is 77.5 Å². The van der Waals surface area contributed by atoms with Crippen molar-refractivity contribution in [3.8, 4) is 11.4 Å². The first kappa shape index (κ1) is 36.0. The van der Waals surface area contributed by atoms with Crippen LogP contribution in [0.5, 0.6) is 0 Å². The zero-order valence-electron chi connectivity index (χ0n) is 28.4. The Hall–Kier alpha value is -3.26. The minimum atomic E-state index is -3.70. The van der Waals surface area contributed by atoms with Crippen molar-refractivity contribution < 1.29 is 27.5 Å². The van der Waals surface area contributed by atoms with Crippen LogP contribution in [0.3, 0.4) is 0 Å². The fourth-order valence-corrected chi connectivity index (χ4v) is 8.71. The van der Waals surface area contributed by atoms with E-state index in [1.165, 1.54) is 16.1 Å². The van der Waals surface area contributed by atoms with Crippen LogP contribution >= 0.6 is 11.8 Å². The molecule has 1 aliphatic heterocycles. The van der Waals surface area contributed by atoms with Crippen molar-refractivity contribution in [2.45, 2.75) is 82.5 Å². The van der Waals surface area contributed by atoms with Gasteiger partial charge in [-0.1, -0.05) is 70.1 Å². The number of aromatic nitrogens is 3. The Kier molecular flexibility index (Phi) is 12.0. The van der Waals surface area contributed by atoms with Crippen molar-refractivity contribution in [3.05, 3.63) is 54.1 Å². The number of nitrogens with one attached hydrogen (secondary N) is 1. The predicted molar refractivity (Wildman–Crippen MR) is 186 cm³/mol. The predicted octanol–water partition coefficient (Wildman–Crippen LogP) is 6.29. The quantitative estimate of drug-likeness (QED) is 0.171. The van der Waals surface area contributed by atoms with E-state index in [0.29, 0.717) is 71.9 Å². The van der Waals surface area contributed by atoms with E-state index in [1.54, 1.807) is 42.5 Å². The van der Waals surface area contributed by atoms with E-state index in [4.69, 9.17) is 9.47 Å². The maximum absolute atomic E-state index is 13.4. The molecule has 13 heteroatoms. The van der Waals surface area contributed by atoms with Crippen LogP contribution in [0.1, 0.15) is 76.7 Å². The Morgan fingerprint density at radius 3 is 2.54 bits per heavy atom. The van der Waals surface area contributed by atoms with Crippen molar-refractivity contribution in [2.75, 3.05) is 37.4 Å². The molecule has 1 aromatic heterocycles. The first-order chi connectivity index (χ1) is 23.0. The summed E-state index contributed by atoms with van der Waals surface area (Å²) in [7, 11) is -3.70. The summed E-state index contributed by atoms with van der Waals surface area (Å²) in [5, 5.41) is 12.3. The lowest BCUT2D eigenvalue weighted by Crippen LogP contribution is -2.40. The molecule has 1 N–H and O–H groups in total. The fraction of sp³-hybridized carbons (Fsp3) is 0.543. The maximum atomic E-state index is 13.4. The van der Waals surface area contributed by atoms with Crippen molar-refractivity contribution in [3.63, 3.8) is 0 Å². The first-order valence-electron chi connectivity index (χ1n) is 16.9. The van der Waals surface area contributed by atoms with E-state index in [2.05, 4.69) is 36.3 Å². The van der Waals surface area contributed by atoms with Gasteiger partial charge in [0.25, 0.3) is 0 Å². The van der Waals surface area contributed by atoms with Crippen molar-refractivity contribution in [1.82, 2.24) is 19.1 Å². The molecule has 0 bridgehead atoms. The normalized spacial score (nSPS) is 21.2. The van der Waals surface area contributed by atoms with Gasteiger partial charge in [0.1, 0.15) is 6.10 Å². The van der Waals surface area contributed by atoms with Gasteiger partial charge in [-0.15, -0.1) is 10.2 Å². The summed E-state index contributed by atoms with van der Waals surface area (Å²) in [5.74, 6) is 1.04. The number of anilines is 1. The lowest BCUT2D eigenvalue weighted by atomic mass is 9.75. The number of thioether (sulfide) groups is 1. The summed E-state index contributed by atoms with van der Waals surface area (Å²) in [6.07, 6.45) is 3.63. The van der Waals surface area contributed by atoms with E-state index in [1.807, 2.05) is 24.5 Å². The molecule has 2 aromatic carbocycles. The topological polar surface area (TPSA) is 133 Å². The van der Waals surface area contributed by atoms with Gasteiger partial charge in [-0.25, -0.2) is 13.2 Å². The van der Waals surface area contributed by atoms with E-state index in [9.17, 15) is 18.0 Å². The Bertz CT molecular complexity index is 1690. The molecule has 260 valence electrons. The Balaban J connectivity index is 1.29. The van der Waals surface area contributed by atoms with Gasteiger partial charge >= 0.3 is 5.97 Å². The summed E-state index contributed by atoms with van der Waals surface area (Å²) in [6, 6.07) is 13.6. The standard InChI is InChI=1S/C35H47N5O6S2/c1-6-25(5)40-33(26-10-9-11-27(21-26)48(43,44)39-16-18-45-19-17-39)37-38-35(40)47-22-32(41)36-30-13-8-7-12-29(30)34(42)46-31-20-24(4)14-15-28(31)23(2)3/h7-13,21,23-25,28,31H,6,14-20,22H2,1-5H3,(H,36,41)/t24-,25-,28-,31-/m1/s1. The summed E-state index contributed by atoms with van der Waals surface area (Å²) in [6.45, 7) is 12.0. The number of ether oxygens (including phenoxy) is 2. The SMILES string of the molecule is CC[C@@H](C)n1c(SCC(=O)Nc2ccccc2C(=O)O[C@@H]2C[C@H](C)CC[C@@H]2C(C)C)nnc1-c1cccc(S(=O)(=O)N2CCOCC2)c1. The lowest BCUT2D eigenvalue weighted by molar-refractivity contribution is -0.113. The second-order valence-electron chi connectivity index (χ2n) is 13.1. The molecular formula is C35H47N5O6S2. The third kappa shape index (κ3) is 8.30. The zero-order chi connectivity index (χ0) is 34.4. The molecule has 11 nitrogen and oxygen atoms in total. The van der Waals surface area contributed by atoms with Crippen LogP contribution in [0.25, 0.3) is 11.4 Å². The molecule has 2 aliphatic rings. The molecule has 0 radical (unpaired) electrons. The van der Waals surface area contributed by atoms with Crippen LogP contribution in [0, 0.1) is 17.8 Å². The number of para-hydroxylation sites is 1. The van der Waals surface area contributed by atoms with Crippen LogP contribution in [0.15, 0.2) is 58.6 Å². The average Bonchev–Trinajstić information content (AvgIpc) is 3.51. The third-order valence-corrected chi connectivity index (χ3v) is 12.2. The van der Waals surface area contributed by atoms with E-state index in [-0.39, 0.29) is 28.7 Å². The Labute approximate surface area is 288 Å². The highest BCUT2D eigenvalue weighted by Crippen LogP contribution is 2.36. The number of carbonyl (C=O) groups excluding carboxylic acids is 2. The number of hydrogen-bond donors (Lipinski definition) is 1. The largest absolute Gasteiger partial charge is 0.458 e. The molecule has 1 saturated heterocycles. The smallest absolute Gasteiger partial charge is 0.340 e. The zero-order valence-corrected chi connectivity index (χ0v) is 30.1. The fourth-order valence-electron chi connectivity index (χ4n) is 6.42. The molecule has 48 heavy (non-hydrogen) atoms. The monoisotopic (exact) mass is 697 g/mol. The second kappa shape index (κ2) is 16.0. The summed E-state index contributed by atoms with van der Waals surface area (Å²) in [4.78, 5) is 26.8. The molecule has 5 rings (SSSR count). The van der Waals surface area contributed by atoms with Crippen LogP contribution in [0.4, 0.5) is 5.69 Å². The van der Waals surface area contributed by atoms with Crippen LogP contribution < -0.4 is 5.32 Å². The summed E-state index contributed by atoms with van der Waals surface area (Å²) in [5.41, 5.74) is 1.35. The number of sulfonamides is 1. The Morgan fingerprint density at radius 1 is 1.06 bits per heavy atom. The number of nitrogens with zero attached hydrogens (tertiary/aromatic N) is 4. The maximum Gasteiger partial charge on any atom is 0.340 e. The van der Waals surface area contributed by atoms with Gasteiger partial charge in [0.05, 0.1) is 35.1 Å². The van der Waals surface area contributed by atoms with Gasteiger partial charge in [0, 0.05) is 24.7 Å². The number of morpholine rings is 1. The first-order valence-corrected chi connectivity index (χ1v) is 19.3. The third-order valence-electron chi connectivity index (χ3n) is 9.37. The van der Waals surface area contributed by atoms with Crippen molar-refractivity contribution in [1.29, 1.82) is 0 Å². The Morgan fingerprint density at radius 2 is 1.81 bits per heavy atom. The van der Waals surface area contributed by atoms with Crippen LogP contribution in [0.2, 0.25) is 0 Å². The molecule has 1 aliphatic carbocycles. The summed E-state index contributed by atoms with van der Waals surface area (Å²) < 4.78 is 41.5. The lowest BCUT2D eigenvalue weighted by Gasteiger charge is -2.36. The minimum Gasteiger partial charge on any atom is -0.458 e. The molecule has 1 saturated carbocycles. The number of esters is 1. The number of benzene rings is 2. The second-order valence-corrected chi connectivity index (χ2v) is 16.0. The van der Waals surface area contributed by atoms with Crippen molar-refractivity contribution >= 4 is 39.3 Å². The highest BCUT2D eigenvalue weighted by atomic mass is 32.2. The van der Waals surface area contributed by atoms with Crippen LogP contribution in [-0.2, 0) is 24.3 Å². The highest BCUT2D eigenvalue weighted by Gasteiger charge is 2.34. The number of carbonyl (C=O) groups is 2. The van der Waals surface area contributed by atoms with Gasteiger partial charge in [-0.3, -0.25) is 9.36 Å². The number of amides is 1. The average molecular weight is 698 g/mol. The molecule has 1 amide bonds. The van der Waals surface area contributed by atoms with Gasteiger partial charge in [0.15, 0.2) is 11.0 Å². The van der Waals surface area contributed by atoms with Gasteiger partial charge in [-0.05, 0) is 68.2 Å². The van der Waals surface area contributed by atoms with E-state index < -0.39 is 16.0 Å². The molecule has 3 aromatic rings.